The maximum absolute atomic E-state index is 14.2. The van der Waals surface area contributed by atoms with Gasteiger partial charge in [0.05, 0.1) is 24.9 Å². The highest BCUT2D eigenvalue weighted by molar-refractivity contribution is 5.99. The second kappa shape index (κ2) is 39.8. The van der Waals surface area contributed by atoms with Crippen molar-refractivity contribution in [2.24, 2.45) is 50.1 Å². The molecule has 0 heterocycles. The average Bonchev–Trinajstić information content (AvgIpc) is 3.46. The quantitative estimate of drug-likeness (QED) is 0.0153. The number of unbranched alkanes of at least 4 members (excludes halogenated alkanes) is 2. The predicted octanol–water partition coefficient (Wildman–Crippen LogP) is -9.21. The van der Waals surface area contributed by atoms with Gasteiger partial charge in [0.1, 0.15) is 54.4 Å². The molecular formula is C48H91N19O15. The molecule has 0 saturated carbocycles. The van der Waals surface area contributed by atoms with Gasteiger partial charge in [-0.2, -0.15) is 0 Å². The van der Waals surface area contributed by atoms with Crippen molar-refractivity contribution in [2.45, 2.75) is 177 Å². The molecular weight excluding hydrogens is 1080 g/mol. The minimum atomic E-state index is -1.86. The number of carboxylic acid groups (broad SMARTS) is 1. The topological polar surface area (TPSA) is 587 Å². The summed E-state index contributed by atoms with van der Waals surface area (Å²) in [7, 11) is 3.61. The lowest BCUT2D eigenvalue weighted by molar-refractivity contribution is -0.143. The molecule has 0 unspecified atom stereocenters. The first kappa shape index (κ1) is 74.5. The van der Waals surface area contributed by atoms with E-state index in [9.17, 15) is 73.2 Å². The predicted molar refractivity (Wildman–Crippen MR) is 298 cm³/mol. The summed E-state index contributed by atoms with van der Waals surface area (Å²) < 4.78 is 0. The van der Waals surface area contributed by atoms with Gasteiger partial charge in [0.15, 0.2) is 11.9 Å². The van der Waals surface area contributed by atoms with Crippen molar-refractivity contribution in [1.29, 1.82) is 0 Å². The van der Waals surface area contributed by atoms with E-state index in [0.717, 1.165) is 6.92 Å². The van der Waals surface area contributed by atoms with Gasteiger partial charge in [-0.25, -0.2) is 4.79 Å². The van der Waals surface area contributed by atoms with E-state index in [1.54, 1.807) is 14.1 Å². The van der Waals surface area contributed by atoms with Crippen molar-refractivity contribution in [3.05, 3.63) is 0 Å². The SMILES string of the molecule is C[C@H](N)C(=O)N[C@@H](CCCN=C(N)N)C(=O)N[C@H](C(=O)N[C@@H](CCCCN(C)C)C(=O)N[C@@H](CCC(N)=O)C(=O)N[C@H](C(=O)N[C@@H](C)C(=O)N[C@@H](CCCN=C(N)N)C(=O)N[C@@H](CCCCN)C(=O)N[C@@H](CO)C(=O)O)[C@@H](C)O)[C@@H](C)O. The van der Waals surface area contributed by atoms with Gasteiger partial charge in [-0.1, -0.05) is 0 Å². The van der Waals surface area contributed by atoms with Gasteiger partial charge in [0, 0.05) is 19.5 Å². The fraction of sp³-hybridized carbons (Fsp3) is 0.729. The summed E-state index contributed by atoms with van der Waals surface area (Å²) in [6, 6.07) is -15.1. The fourth-order valence-electron chi connectivity index (χ4n) is 7.46. The Morgan fingerprint density at radius 1 is 0.463 bits per heavy atom. The maximum Gasteiger partial charge on any atom is 0.328 e. The fourth-order valence-corrected chi connectivity index (χ4v) is 7.46. The number of aliphatic hydroxyl groups excluding tert-OH is 3. The van der Waals surface area contributed by atoms with Crippen molar-refractivity contribution in [3.63, 3.8) is 0 Å². The molecule has 0 rings (SSSR count). The second-order valence-electron chi connectivity index (χ2n) is 19.8. The van der Waals surface area contributed by atoms with E-state index in [2.05, 4.69) is 57.8 Å². The number of aliphatic hydroxyl groups is 3. The van der Waals surface area contributed by atoms with Gasteiger partial charge >= 0.3 is 5.97 Å². The summed E-state index contributed by atoms with van der Waals surface area (Å²) in [5.74, 6) is -11.8. The lowest BCUT2D eigenvalue weighted by atomic mass is 10.0. The number of aliphatic carboxylic acids is 1. The average molecular weight is 1170 g/mol. The molecule has 0 fully saturated rings. The highest BCUT2D eigenvalue weighted by Gasteiger charge is 2.37. The summed E-state index contributed by atoms with van der Waals surface area (Å²) in [4.78, 5) is 156. The zero-order valence-corrected chi connectivity index (χ0v) is 47.6. The summed E-state index contributed by atoms with van der Waals surface area (Å²) in [6.45, 7) is 4.73. The number of nitrogens with zero attached hydrogens (tertiary/aromatic N) is 3. The summed E-state index contributed by atoms with van der Waals surface area (Å²) in [6.07, 6.45) is -2.78. The Morgan fingerprint density at radius 3 is 1.18 bits per heavy atom. The molecule has 0 aliphatic heterocycles. The Bertz CT molecular complexity index is 2160. The monoisotopic (exact) mass is 1170 g/mol. The molecule has 27 N–H and O–H groups in total. The molecule has 34 nitrogen and oxygen atoms in total. The molecule has 468 valence electrons. The molecule has 0 saturated heterocycles. The molecule has 0 radical (unpaired) electrons. The molecule has 34 heteroatoms. The molecule has 82 heavy (non-hydrogen) atoms. The number of carboxylic acids is 1. The summed E-state index contributed by atoms with van der Waals surface area (Å²) >= 11 is 0. The molecule has 0 aromatic heterocycles. The minimum absolute atomic E-state index is 0.0124. The van der Waals surface area contributed by atoms with Crippen LogP contribution in [0.2, 0.25) is 0 Å². The number of aliphatic imine (C=N–C) groups is 2. The minimum Gasteiger partial charge on any atom is -0.480 e. The number of rotatable bonds is 42. The van der Waals surface area contributed by atoms with Gasteiger partial charge in [0.2, 0.25) is 59.1 Å². The van der Waals surface area contributed by atoms with Crippen LogP contribution in [0.15, 0.2) is 9.98 Å². The van der Waals surface area contributed by atoms with Crippen LogP contribution in [0.25, 0.3) is 0 Å². The lowest BCUT2D eigenvalue weighted by Crippen LogP contribution is -2.62. The Labute approximate surface area is 476 Å². The van der Waals surface area contributed by atoms with Crippen molar-refractivity contribution in [1.82, 2.24) is 52.8 Å². The molecule has 0 spiro atoms. The van der Waals surface area contributed by atoms with E-state index in [4.69, 9.17) is 40.1 Å². The van der Waals surface area contributed by atoms with Gasteiger partial charge in [-0.3, -0.25) is 57.9 Å². The van der Waals surface area contributed by atoms with Crippen LogP contribution in [-0.2, 0) is 52.7 Å². The van der Waals surface area contributed by atoms with E-state index >= 15 is 0 Å². The van der Waals surface area contributed by atoms with Crippen LogP contribution < -0.4 is 88.0 Å². The second-order valence-corrected chi connectivity index (χ2v) is 19.8. The van der Waals surface area contributed by atoms with Gasteiger partial charge in [0.25, 0.3) is 0 Å². The Morgan fingerprint density at radius 2 is 0.817 bits per heavy atom. The number of carbonyl (C=O) groups is 11. The molecule has 0 aliphatic rings. The highest BCUT2D eigenvalue weighted by atomic mass is 16.4. The number of nitrogens with two attached hydrogens (primary N) is 7. The first-order valence-corrected chi connectivity index (χ1v) is 26.8. The van der Waals surface area contributed by atoms with Crippen molar-refractivity contribution in [2.75, 3.05) is 46.9 Å². The van der Waals surface area contributed by atoms with E-state index in [0.29, 0.717) is 32.2 Å². The molecule has 0 aromatic carbocycles. The van der Waals surface area contributed by atoms with Gasteiger partial charge < -0.3 is 113 Å². The van der Waals surface area contributed by atoms with E-state index in [1.165, 1.54) is 20.8 Å². The number of hydrogen-bond acceptors (Lipinski definition) is 19. The molecule has 0 aliphatic carbocycles. The number of guanidine groups is 2. The normalized spacial score (nSPS) is 15.5. The standard InChI is InChI=1S/C48H91N19O15/c1-24(50)37(72)59-31(16-12-21-57-48(54)55)42(77)66-36(27(4)70)45(80)63-29(14-8-10-22-67(5)6)39(74)62-32(17-18-34(51)71)43(78)65-35(26(3)69)44(79)58-25(2)38(73)60-30(15-11-20-56-47(52)53)40(75)61-28(13-7-9-19-49)41(76)64-33(23-68)46(81)82/h24-33,35-36,68-70H,7-23,49-50H2,1-6H3,(H2,51,71)(H,58,79)(H,59,72)(H,60,73)(H,61,75)(H,62,74)(H,63,80)(H,64,76)(H,65,78)(H,66,77)(H,81,82)(H4,52,53,56)(H4,54,55,57)/t24-,25-,26+,27+,28-,29-,30-,31-,32-,33-,35-,36-/m0/s1. The smallest absolute Gasteiger partial charge is 0.328 e. The number of amides is 10. The molecule has 12 atom stereocenters. The zero-order chi connectivity index (χ0) is 62.8. The van der Waals surface area contributed by atoms with Crippen LogP contribution in [0, 0.1) is 0 Å². The van der Waals surface area contributed by atoms with Crippen LogP contribution in [0.4, 0.5) is 0 Å². The number of primary amides is 1. The van der Waals surface area contributed by atoms with E-state index in [-0.39, 0.29) is 70.1 Å². The summed E-state index contributed by atoms with van der Waals surface area (Å²) in [5, 5.41) is 61.9. The van der Waals surface area contributed by atoms with Gasteiger partial charge in [-0.15, -0.1) is 0 Å². The summed E-state index contributed by atoms with van der Waals surface area (Å²) in [5.41, 5.74) is 38.3. The van der Waals surface area contributed by atoms with Gasteiger partial charge in [-0.05, 0) is 126 Å². The third-order valence-corrected chi connectivity index (χ3v) is 12.1. The van der Waals surface area contributed by atoms with Crippen LogP contribution in [0.1, 0.15) is 105 Å². The van der Waals surface area contributed by atoms with Crippen LogP contribution in [0.5, 0.6) is 0 Å². The Hall–Kier alpha value is -7.53. The first-order valence-electron chi connectivity index (χ1n) is 26.8. The number of carbonyl (C=O) groups excluding carboxylic acids is 10. The highest BCUT2D eigenvalue weighted by Crippen LogP contribution is 2.10. The van der Waals surface area contributed by atoms with Crippen molar-refractivity contribution in [3.8, 4) is 0 Å². The largest absolute Gasteiger partial charge is 0.480 e. The molecule has 10 amide bonds. The van der Waals surface area contributed by atoms with E-state index < -0.39 is 157 Å². The molecule has 0 bridgehead atoms. The van der Waals surface area contributed by atoms with Crippen molar-refractivity contribution < 1.29 is 73.2 Å². The maximum atomic E-state index is 14.2. The lowest BCUT2D eigenvalue weighted by Gasteiger charge is -2.29. The first-order chi connectivity index (χ1) is 38.4. The third-order valence-electron chi connectivity index (χ3n) is 12.1. The van der Waals surface area contributed by atoms with Crippen LogP contribution in [-0.4, -0.2) is 222 Å². The van der Waals surface area contributed by atoms with Crippen molar-refractivity contribution >= 4 is 77.0 Å². The van der Waals surface area contributed by atoms with Crippen LogP contribution >= 0.6 is 0 Å². The van der Waals surface area contributed by atoms with E-state index in [1.807, 2.05) is 4.90 Å². The number of nitrogens with one attached hydrogen (secondary N) is 9. The Balaban J connectivity index is 6.74. The Kier molecular flexibility index (Phi) is 36.1. The van der Waals surface area contributed by atoms with Crippen LogP contribution in [0.3, 0.4) is 0 Å². The zero-order valence-electron chi connectivity index (χ0n) is 47.6. The number of hydrogen-bond donors (Lipinski definition) is 20. The molecule has 0 aromatic rings. The third kappa shape index (κ3) is 30.9.